The number of nitro groups is 1. The van der Waals surface area contributed by atoms with Crippen molar-refractivity contribution in [2.75, 3.05) is 19.0 Å². The summed E-state index contributed by atoms with van der Waals surface area (Å²) in [6.45, 7) is 1.62. The first-order chi connectivity index (χ1) is 11.0. The predicted octanol–water partition coefficient (Wildman–Crippen LogP) is 2.93. The third-order valence-corrected chi connectivity index (χ3v) is 3.13. The number of ether oxygens (including phenoxy) is 2. The van der Waals surface area contributed by atoms with Crippen LogP contribution in [0.2, 0.25) is 0 Å². The Morgan fingerprint density at radius 1 is 1.26 bits per heavy atom. The molecule has 1 N–H and O–H groups in total. The molecule has 0 aliphatic rings. The molecule has 0 bridgehead atoms. The summed E-state index contributed by atoms with van der Waals surface area (Å²) in [5.41, 5.74) is 0.749. The molecule has 23 heavy (non-hydrogen) atoms. The lowest BCUT2D eigenvalue weighted by Gasteiger charge is -2.10. The Morgan fingerprint density at radius 2 is 2.00 bits per heavy atom. The van der Waals surface area contributed by atoms with E-state index in [-0.39, 0.29) is 18.0 Å². The second-order valence-electron chi connectivity index (χ2n) is 4.74. The number of carbonyl (C=O) groups excluding carboxylic acids is 1. The first-order valence-corrected chi connectivity index (χ1v) is 6.82. The Bertz CT molecular complexity index is 730. The molecule has 0 unspecified atom stereocenters. The maximum absolute atomic E-state index is 11.9. The minimum atomic E-state index is -0.583. The number of amides is 1. The van der Waals surface area contributed by atoms with E-state index in [0.29, 0.717) is 11.5 Å². The largest absolute Gasteiger partial charge is 0.496 e. The molecule has 1 amide bonds. The van der Waals surface area contributed by atoms with Gasteiger partial charge in [-0.25, -0.2) is 0 Å². The van der Waals surface area contributed by atoms with Crippen molar-refractivity contribution < 1.29 is 19.2 Å². The molecule has 0 radical (unpaired) electrons. The van der Waals surface area contributed by atoms with Crippen LogP contribution in [0.15, 0.2) is 42.5 Å². The summed E-state index contributed by atoms with van der Waals surface area (Å²) >= 11 is 0. The molecule has 2 aromatic carbocycles. The quantitative estimate of drug-likeness (QED) is 0.653. The van der Waals surface area contributed by atoms with Crippen molar-refractivity contribution in [2.24, 2.45) is 0 Å². The molecule has 0 aromatic heterocycles. The number of methoxy groups -OCH3 is 1. The molecule has 2 aromatic rings. The van der Waals surface area contributed by atoms with E-state index in [1.807, 2.05) is 19.1 Å². The zero-order chi connectivity index (χ0) is 16.8. The Kier molecular flexibility index (Phi) is 5.14. The Labute approximate surface area is 133 Å². The third-order valence-electron chi connectivity index (χ3n) is 3.13. The van der Waals surface area contributed by atoms with Crippen LogP contribution in [-0.4, -0.2) is 24.5 Å². The normalized spacial score (nSPS) is 10.0. The summed E-state index contributed by atoms with van der Waals surface area (Å²) in [4.78, 5) is 22.4. The number of hydrogen-bond acceptors (Lipinski definition) is 5. The number of benzene rings is 2. The summed E-state index contributed by atoms with van der Waals surface area (Å²) in [5.74, 6) is 0.444. The molecule has 0 aliphatic heterocycles. The zero-order valence-corrected chi connectivity index (χ0v) is 12.7. The molecule has 0 saturated carbocycles. The number of anilines is 1. The lowest BCUT2D eigenvalue weighted by Crippen LogP contribution is -2.21. The van der Waals surface area contributed by atoms with Crippen LogP contribution in [0.25, 0.3) is 0 Å². The van der Waals surface area contributed by atoms with Crippen LogP contribution in [0.3, 0.4) is 0 Å². The van der Waals surface area contributed by atoms with E-state index in [4.69, 9.17) is 9.47 Å². The molecule has 0 heterocycles. The van der Waals surface area contributed by atoms with Crippen LogP contribution in [0.5, 0.6) is 11.5 Å². The zero-order valence-electron chi connectivity index (χ0n) is 12.7. The number of nitro benzene ring substituents is 1. The molecule has 0 saturated heterocycles. The SMILES string of the molecule is COc1ccc(NC(=O)COc2ccccc2C)c([N+](=O)[O-])c1. The third kappa shape index (κ3) is 4.19. The standard InChI is InChI=1S/C16H16N2O5/c1-11-5-3-4-6-15(11)23-10-16(19)17-13-8-7-12(22-2)9-14(13)18(20)21/h3-9H,10H2,1-2H3,(H,17,19). The number of aryl methyl sites for hydroxylation is 1. The lowest BCUT2D eigenvalue weighted by molar-refractivity contribution is -0.384. The molecule has 7 nitrogen and oxygen atoms in total. The maximum Gasteiger partial charge on any atom is 0.296 e. The highest BCUT2D eigenvalue weighted by atomic mass is 16.6. The fourth-order valence-corrected chi connectivity index (χ4v) is 1.94. The van der Waals surface area contributed by atoms with Gasteiger partial charge < -0.3 is 14.8 Å². The number of nitrogens with zero attached hydrogens (tertiary/aromatic N) is 1. The highest BCUT2D eigenvalue weighted by Crippen LogP contribution is 2.28. The van der Waals surface area contributed by atoms with Crippen LogP contribution in [0.4, 0.5) is 11.4 Å². The Morgan fingerprint density at radius 3 is 2.65 bits per heavy atom. The minimum Gasteiger partial charge on any atom is -0.496 e. The minimum absolute atomic E-state index is 0.0918. The van der Waals surface area contributed by atoms with Crippen LogP contribution in [-0.2, 0) is 4.79 Å². The van der Waals surface area contributed by atoms with Gasteiger partial charge in [0, 0.05) is 0 Å². The average molecular weight is 316 g/mol. The van der Waals surface area contributed by atoms with Gasteiger partial charge in [0.05, 0.1) is 18.1 Å². The van der Waals surface area contributed by atoms with Crippen LogP contribution >= 0.6 is 0 Å². The van der Waals surface area contributed by atoms with Crippen LogP contribution in [0.1, 0.15) is 5.56 Å². The van der Waals surface area contributed by atoms with Gasteiger partial charge in [0.25, 0.3) is 11.6 Å². The van der Waals surface area contributed by atoms with Gasteiger partial charge in [0.2, 0.25) is 0 Å². The van der Waals surface area contributed by atoms with E-state index in [2.05, 4.69) is 5.32 Å². The lowest BCUT2D eigenvalue weighted by atomic mass is 10.2. The second kappa shape index (κ2) is 7.26. The van der Waals surface area contributed by atoms with Gasteiger partial charge in [-0.1, -0.05) is 18.2 Å². The summed E-state index contributed by atoms with van der Waals surface area (Å²) in [6, 6.07) is 11.5. The Hall–Kier alpha value is -3.09. The van der Waals surface area contributed by atoms with Crippen molar-refractivity contribution in [3.8, 4) is 11.5 Å². The molecule has 2 rings (SSSR count). The van der Waals surface area contributed by atoms with E-state index in [1.54, 1.807) is 12.1 Å². The summed E-state index contributed by atoms with van der Waals surface area (Å²) in [7, 11) is 1.41. The van der Waals surface area contributed by atoms with Gasteiger partial charge in [0.1, 0.15) is 17.2 Å². The van der Waals surface area contributed by atoms with Crippen LogP contribution in [0, 0.1) is 17.0 Å². The molecule has 0 aliphatic carbocycles. The van der Waals surface area contributed by atoms with Gasteiger partial charge >= 0.3 is 0 Å². The van der Waals surface area contributed by atoms with Crippen molar-refractivity contribution in [3.63, 3.8) is 0 Å². The van der Waals surface area contributed by atoms with E-state index < -0.39 is 10.8 Å². The fraction of sp³-hybridized carbons (Fsp3) is 0.188. The summed E-state index contributed by atoms with van der Waals surface area (Å²) in [5, 5.41) is 13.5. The van der Waals surface area contributed by atoms with E-state index in [1.165, 1.54) is 25.3 Å². The molecule has 120 valence electrons. The molecule has 0 spiro atoms. The molecule has 0 fully saturated rings. The molecular weight excluding hydrogens is 300 g/mol. The monoisotopic (exact) mass is 316 g/mol. The van der Waals surface area contributed by atoms with Gasteiger partial charge in [-0.15, -0.1) is 0 Å². The number of nitrogens with one attached hydrogen (secondary N) is 1. The first-order valence-electron chi connectivity index (χ1n) is 6.82. The van der Waals surface area contributed by atoms with E-state index in [0.717, 1.165) is 5.56 Å². The first kappa shape index (κ1) is 16.3. The summed E-state index contributed by atoms with van der Waals surface area (Å²) < 4.78 is 10.4. The highest BCUT2D eigenvalue weighted by molar-refractivity contribution is 5.94. The van der Waals surface area contributed by atoms with E-state index in [9.17, 15) is 14.9 Å². The highest BCUT2D eigenvalue weighted by Gasteiger charge is 2.17. The molecular formula is C16H16N2O5. The molecule has 7 heteroatoms. The molecule has 0 atom stereocenters. The van der Waals surface area contributed by atoms with Gasteiger partial charge in [-0.05, 0) is 30.7 Å². The smallest absolute Gasteiger partial charge is 0.296 e. The second-order valence-corrected chi connectivity index (χ2v) is 4.74. The van der Waals surface area contributed by atoms with Gasteiger partial charge in [0.15, 0.2) is 6.61 Å². The predicted molar refractivity (Wildman–Crippen MR) is 85.0 cm³/mol. The Balaban J connectivity index is 2.05. The van der Waals surface area contributed by atoms with E-state index >= 15 is 0 Å². The number of rotatable bonds is 6. The van der Waals surface area contributed by atoms with Crippen LogP contribution < -0.4 is 14.8 Å². The van der Waals surface area contributed by atoms with Crippen molar-refractivity contribution in [1.29, 1.82) is 0 Å². The summed E-state index contributed by atoms with van der Waals surface area (Å²) in [6.07, 6.45) is 0. The van der Waals surface area contributed by atoms with Crippen molar-refractivity contribution in [1.82, 2.24) is 0 Å². The van der Waals surface area contributed by atoms with Crippen molar-refractivity contribution in [2.45, 2.75) is 6.92 Å². The topological polar surface area (TPSA) is 90.7 Å². The number of para-hydroxylation sites is 1. The number of hydrogen-bond donors (Lipinski definition) is 1. The van der Waals surface area contributed by atoms with Gasteiger partial charge in [-0.2, -0.15) is 0 Å². The van der Waals surface area contributed by atoms with Crippen molar-refractivity contribution >= 4 is 17.3 Å². The number of carbonyl (C=O) groups is 1. The van der Waals surface area contributed by atoms with Crippen molar-refractivity contribution in [3.05, 3.63) is 58.1 Å². The van der Waals surface area contributed by atoms with Gasteiger partial charge in [-0.3, -0.25) is 14.9 Å². The average Bonchev–Trinajstić information content (AvgIpc) is 2.54. The fourth-order valence-electron chi connectivity index (χ4n) is 1.94. The maximum atomic E-state index is 11.9.